The number of nitrogens with zero attached hydrogens (tertiary/aromatic N) is 2. The maximum Gasteiger partial charge on any atom is 0.300 e. The number of nitro groups is 1. The molecule has 0 unspecified atom stereocenters. The van der Waals surface area contributed by atoms with Crippen LogP contribution in [-0.4, -0.2) is 22.8 Å². The highest BCUT2D eigenvalue weighted by molar-refractivity contribution is 6.33. The summed E-state index contributed by atoms with van der Waals surface area (Å²) in [5.74, 6) is 0.0983. The molecule has 0 atom stereocenters. The predicted octanol–water partition coefficient (Wildman–Crippen LogP) is 3.11. The first-order chi connectivity index (χ1) is 9.50. The molecule has 0 aliphatic heterocycles. The Morgan fingerprint density at radius 1 is 1.40 bits per heavy atom. The van der Waals surface area contributed by atoms with Crippen molar-refractivity contribution >= 4 is 23.2 Å². The summed E-state index contributed by atoms with van der Waals surface area (Å²) in [4.78, 5) is 24.0. The third-order valence-electron chi connectivity index (χ3n) is 2.72. The van der Waals surface area contributed by atoms with E-state index in [9.17, 15) is 14.9 Å². The largest absolute Gasteiger partial charge is 0.467 e. The number of para-hydroxylation sites is 1. The first-order valence-electron chi connectivity index (χ1n) is 5.71. The molecule has 2 rings (SSSR count). The molecule has 20 heavy (non-hydrogen) atoms. The fraction of sp³-hybridized carbons (Fsp3) is 0.154. The van der Waals surface area contributed by atoms with Crippen LogP contribution in [0.2, 0.25) is 5.02 Å². The molecule has 0 radical (unpaired) electrons. The zero-order valence-electron chi connectivity index (χ0n) is 10.6. The molecule has 0 fully saturated rings. The minimum absolute atomic E-state index is 0.0449. The average molecular weight is 295 g/mol. The second kappa shape index (κ2) is 5.75. The highest BCUT2D eigenvalue weighted by Crippen LogP contribution is 2.29. The second-order valence-electron chi connectivity index (χ2n) is 4.13. The number of amides is 1. The number of nitro benzene ring substituents is 1. The quantitative estimate of drug-likeness (QED) is 0.641. The minimum Gasteiger partial charge on any atom is -0.467 e. The number of benzene rings is 1. The molecule has 0 N–H and O–H groups in total. The number of hydrogen-bond acceptors (Lipinski definition) is 4. The highest BCUT2D eigenvalue weighted by Gasteiger charge is 2.26. The molecule has 1 heterocycles. The van der Waals surface area contributed by atoms with Crippen LogP contribution >= 0.6 is 11.6 Å². The van der Waals surface area contributed by atoms with E-state index in [-0.39, 0.29) is 22.8 Å². The van der Waals surface area contributed by atoms with Gasteiger partial charge in [-0.25, -0.2) is 0 Å². The van der Waals surface area contributed by atoms with E-state index in [0.29, 0.717) is 5.76 Å². The standard InChI is InChI=1S/C13H11ClN2O4/c1-15(8-9-4-3-7-20-9)13(17)10-5-2-6-11(14)12(10)16(18)19/h2-7H,8H2,1H3. The van der Waals surface area contributed by atoms with Crippen molar-refractivity contribution in [2.24, 2.45) is 0 Å². The third-order valence-corrected chi connectivity index (χ3v) is 3.02. The van der Waals surface area contributed by atoms with Crippen LogP contribution in [0.4, 0.5) is 5.69 Å². The van der Waals surface area contributed by atoms with E-state index in [2.05, 4.69) is 0 Å². The number of hydrogen-bond donors (Lipinski definition) is 0. The van der Waals surface area contributed by atoms with Crippen molar-refractivity contribution in [3.63, 3.8) is 0 Å². The molecule has 0 aliphatic rings. The van der Waals surface area contributed by atoms with Crippen molar-refractivity contribution in [3.8, 4) is 0 Å². The summed E-state index contributed by atoms with van der Waals surface area (Å²) in [5.41, 5.74) is -0.429. The van der Waals surface area contributed by atoms with E-state index in [1.165, 1.54) is 36.4 Å². The number of carbonyl (C=O) groups excluding carboxylic acids is 1. The van der Waals surface area contributed by atoms with Gasteiger partial charge in [0.2, 0.25) is 0 Å². The van der Waals surface area contributed by atoms with Gasteiger partial charge in [0.15, 0.2) is 0 Å². The lowest BCUT2D eigenvalue weighted by Crippen LogP contribution is -2.26. The van der Waals surface area contributed by atoms with Crippen molar-refractivity contribution < 1.29 is 14.1 Å². The molecule has 0 saturated carbocycles. The van der Waals surface area contributed by atoms with Crippen molar-refractivity contribution in [2.45, 2.75) is 6.54 Å². The van der Waals surface area contributed by atoms with Gasteiger partial charge >= 0.3 is 5.69 Å². The van der Waals surface area contributed by atoms with Gasteiger partial charge in [-0.2, -0.15) is 0 Å². The fourth-order valence-electron chi connectivity index (χ4n) is 1.79. The van der Waals surface area contributed by atoms with Crippen LogP contribution in [0.25, 0.3) is 0 Å². The predicted molar refractivity (Wildman–Crippen MR) is 72.6 cm³/mol. The van der Waals surface area contributed by atoms with Crippen molar-refractivity contribution in [3.05, 3.63) is 63.1 Å². The topological polar surface area (TPSA) is 76.6 Å². The number of rotatable bonds is 4. The van der Waals surface area contributed by atoms with E-state index < -0.39 is 10.8 Å². The SMILES string of the molecule is CN(Cc1ccco1)C(=O)c1cccc(Cl)c1[N+](=O)[O-]. The van der Waals surface area contributed by atoms with E-state index in [0.717, 1.165) is 0 Å². The Bertz CT molecular complexity index is 640. The van der Waals surface area contributed by atoms with Gasteiger partial charge in [0.25, 0.3) is 5.91 Å². The van der Waals surface area contributed by atoms with Crippen molar-refractivity contribution in [2.75, 3.05) is 7.05 Å². The summed E-state index contributed by atoms with van der Waals surface area (Å²) in [6.45, 7) is 0.218. The smallest absolute Gasteiger partial charge is 0.300 e. The van der Waals surface area contributed by atoms with Gasteiger partial charge in [0.1, 0.15) is 16.3 Å². The Kier molecular flexibility index (Phi) is 4.05. The summed E-state index contributed by atoms with van der Waals surface area (Å²) < 4.78 is 5.14. The first-order valence-corrected chi connectivity index (χ1v) is 6.09. The molecule has 1 aromatic heterocycles. The maximum atomic E-state index is 12.3. The lowest BCUT2D eigenvalue weighted by atomic mass is 10.1. The Balaban J connectivity index is 2.29. The summed E-state index contributed by atoms with van der Waals surface area (Å²) in [5, 5.41) is 11.0. The summed E-state index contributed by atoms with van der Waals surface area (Å²) in [7, 11) is 1.54. The Morgan fingerprint density at radius 3 is 2.75 bits per heavy atom. The van der Waals surface area contributed by atoms with Crippen LogP contribution in [-0.2, 0) is 6.54 Å². The van der Waals surface area contributed by atoms with Gasteiger partial charge in [0.05, 0.1) is 17.7 Å². The van der Waals surface area contributed by atoms with Gasteiger partial charge in [-0.15, -0.1) is 0 Å². The molecule has 0 saturated heterocycles. The van der Waals surface area contributed by atoms with Gasteiger partial charge in [-0.05, 0) is 24.3 Å². The fourth-order valence-corrected chi connectivity index (χ4v) is 2.03. The van der Waals surface area contributed by atoms with Crippen LogP contribution in [0, 0.1) is 10.1 Å². The normalized spacial score (nSPS) is 10.3. The zero-order valence-corrected chi connectivity index (χ0v) is 11.3. The molecule has 1 aromatic carbocycles. The maximum absolute atomic E-state index is 12.3. The summed E-state index contributed by atoms with van der Waals surface area (Å²) in [6.07, 6.45) is 1.50. The van der Waals surface area contributed by atoms with E-state index in [1.807, 2.05) is 0 Å². The average Bonchev–Trinajstić information content (AvgIpc) is 2.89. The number of carbonyl (C=O) groups is 1. The monoisotopic (exact) mass is 294 g/mol. The van der Waals surface area contributed by atoms with E-state index >= 15 is 0 Å². The number of furan rings is 1. The molecule has 0 bridgehead atoms. The Hall–Kier alpha value is -2.34. The van der Waals surface area contributed by atoms with Gasteiger partial charge in [-0.1, -0.05) is 17.7 Å². The van der Waals surface area contributed by atoms with Gasteiger partial charge < -0.3 is 9.32 Å². The van der Waals surface area contributed by atoms with E-state index in [4.69, 9.17) is 16.0 Å². The third kappa shape index (κ3) is 2.80. The summed E-state index contributed by atoms with van der Waals surface area (Å²) in [6, 6.07) is 7.68. The van der Waals surface area contributed by atoms with E-state index in [1.54, 1.807) is 12.1 Å². The molecule has 6 nitrogen and oxygen atoms in total. The van der Waals surface area contributed by atoms with Crippen molar-refractivity contribution in [1.29, 1.82) is 0 Å². The minimum atomic E-state index is -0.656. The molecule has 2 aromatic rings. The molecule has 0 aliphatic carbocycles. The first kappa shape index (κ1) is 14.1. The van der Waals surface area contributed by atoms with Crippen LogP contribution in [0.15, 0.2) is 41.0 Å². The molecular formula is C13H11ClN2O4. The Labute approximate surface area is 119 Å². The van der Waals surface area contributed by atoms with Crippen molar-refractivity contribution in [1.82, 2.24) is 4.90 Å². The summed E-state index contributed by atoms with van der Waals surface area (Å²) >= 11 is 5.78. The molecule has 1 amide bonds. The Morgan fingerprint density at radius 2 is 2.15 bits per heavy atom. The molecular weight excluding hydrogens is 284 g/mol. The van der Waals surface area contributed by atoms with Crippen LogP contribution in [0.5, 0.6) is 0 Å². The second-order valence-corrected chi connectivity index (χ2v) is 4.54. The highest BCUT2D eigenvalue weighted by atomic mass is 35.5. The number of halogens is 1. The molecule has 0 spiro atoms. The molecule has 104 valence electrons. The van der Waals surface area contributed by atoms with Crippen LogP contribution in [0.1, 0.15) is 16.1 Å². The van der Waals surface area contributed by atoms with Gasteiger partial charge in [0, 0.05) is 7.05 Å². The lowest BCUT2D eigenvalue weighted by molar-refractivity contribution is -0.385. The van der Waals surface area contributed by atoms with Gasteiger partial charge in [-0.3, -0.25) is 14.9 Å². The van der Waals surface area contributed by atoms with Crippen LogP contribution < -0.4 is 0 Å². The lowest BCUT2D eigenvalue weighted by Gasteiger charge is -2.15. The zero-order chi connectivity index (χ0) is 14.7. The molecule has 7 heteroatoms. The van der Waals surface area contributed by atoms with Crippen LogP contribution in [0.3, 0.4) is 0 Å².